The molecule has 0 saturated heterocycles. The Labute approximate surface area is 143 Å². The second-order valence-electron chi connectivity index (χ2n) is 5.44. The molecule has 0 radical (unpaired) electrons. The maximum absolute atomic E-state index is 11.7. The van der Waals surface area contributed by atoms with E-state index in [1.54, 1.807) is 18.5 Å². The molecule has 0 bridgehead atoms. The number of nitrogens with zero attached hydrogens (tertiary/aromatic N) is 3. The van der Waals surface area contributed by atoms with Crippen molar-refractivity contribution in [1.82, 2.24) is 19.9 Å². The number of carbonyl (C=O) groups excluding carboxylic acids is 1. The molecule has 1 aromatic carbocycles. The Bertz CT molecular complexity index is 837. The largest absolute Gasteiger partial charge is 0.445 e. The number of amides is 1. The zero-order valence-electron chi connectivity index (χ0n) is 13.3. The minimum Gasteiger partial charge on any atom is -0.445 e. The zero-order valence-corrected chi connectivity index (χ0v) is 13.3. The van der Waals surface area contributed by atoms with E-state index in [-0.39, 0.29) is 13.2 Å². The second kappa shape index (κ2) is 7.73. The summed E-state index contributed by atoms with van der Waals surface area (Å²) in [4.78, 5) is 15.8. The smallest absolute Gasteiger partial charge is 0.407 e. The Kier molecular flexibility index (Phi) is 5.22. The number of nitrogens with one attached hydrogen (secondary N) is 1. The van der Waals surface area contributed by atoms with Crippen LogP contribution in [-0.2, 0) is 11.3 Å². The summed E-state index contributed by atoms with van der Waals surface area (Å²) in [6.07, 6.45) is 1.56. The fourth-order valence-corrected chi connectivity index (χ4v) is 2.34. The summed E-state index contributed by atoms with van der Waals surface area (Å²) in [6, 6.07) is 10.9. The molecule has 8 nitrogen and oxygen atoms in total. The van der Waals surface area contributed by atoms with Gasteiger partial charge in [-0.05, 0) is 11.6 Å². The summed E-state index contributed by atoms with van der Waals surface area (Å²) in [7, 11) is 0. The highest BCUT2D eigenvalue weighted by Gasteiger charge is 2.23. The van der Waals surface area contributed by atoms with Crippen LogP contribution in [0.15, 0.2) is 55.0 Å². The minimum absolute atomic E-state index is 0.128. The van der Waals surface area contributed by atoms with E-state index >= 15 is 0 Å². The molecule has 3 aromatic rings. The number of ether oxygens (including phenoxy) is 1. The van der Waals surface area contributed by atoms with Gasteiger partial charge < -0.3 is 20.3 Å². The molecule has 0 spiro atoms. The lowest BCUT2D eigenvalue weighted by atomic mass is 10.1. The van der Waals surface area contributed by atoms with Gasteiger partial charge in [-0.2, -0.15) is 5.10 Å². The normalized spacial score (nSPS) is 13.4. The molecule has 3 rings (SSSR count). The lowest BCUT2D eigenvalue weighted by Gasteiger charge is -2.17. The molecule has 0 aliphatic rings. The molecule has 130 valence electrons. The van der Waals surface area contributed by atoms with Gasteiger partial charge in [0.1, 0.15) is 18.8 Å². The summed E-state index contributed by atoms with van der Waals surface area (Å²) in [5.74, 6) is 0. The van der Waals surface area contributed by atoms with Crippen molar-refractivity contribution in [3.05, 3.63) is 66.1 Å². The standard InChI is InChI=1S/C17H18N4O4/c22-14(10-19-17(24)25-11-12-5-2-1-3-6-12)15(23)13-9-20-21-8-4-7-18-16(13)21/h1-9,14-15,22-23H,10-11H2,(H,19,24). The van der Waals surface area contributed by atoms with Gasteiger partial charge in [0.05, 0.1) is 6.20 Å². The monoisotopic (exact) mass is 342 g/mol. The second-order valence-corrected chi connectivity index (χ2v) is 5.44. The van der Waals surface area contributed by atoms with Crippen LogP contribution in [0, 0.1) is 0 Å². The molecule has 0 aliphatic carbocycles. The maximum Gasteiger partial charge on any atom is 0.407 e. The van der Waals surface area contributed by atoms with E-state index in [4.69, 9.17) is 4.74 Å². The Morgan fingerprint density at radius 1 is 1.24 bits per heavy atom. The molecular formula is C17H18N4O4. The van der Waals surface area contributed by atoms with E-state index in [1.807, 2.05) is 30.3 Å². The number of fused-ring (bicyclic) bond motifs is 1. The molecule has 2 atom stereocenters. The van der Waals surface area contributed by atoms with E-state index < -0.39 is 18.3 Å². The number of rotatable bonds is 6. The molecule has 25 heavy (non-hydrogen) atoms. The summed E-state index contributed by atoms with van der Waals surface area (Å²) in [6.45, 7) is -0.0394. The molecular weight excluding hydrogens is 324 g/mol. The van der Waals surface area contributed by atoms with Gasteiger partial charge in [0.2, 0.25) is 0 Å². The van der Waals surface area contributed by atoms with Crippen molar-refractivity contribution in [1.29, 1.82) is 0 Å². The first-order valence-corrected chi connectivity index (χ1v) is 7.74. The lowest BCUT2D eigenvalue weighted by Crippen LogP contribution is -2.35. The van der Waals surface area contributed by atoms with E-state index in [2.05, 4.69) is 15.4 Å². The van der Waals surface area contributed by atoms with Crippen molar-refractivity contribution in [2.24, 2.45) is 0 Å². The first kappa shape index (κ1) is 16.9. The highest BCUT2D eigenvalue weighted by atomic mass is 16.5. The molecule has 8 heteroatoms. The SMILES string of the molecule is O=C(NCC(O)C(O)c1cnn2cccnc12)OCc1ccccc1. The third kappa shape index (κ3) is 4.11. The van der Waals surface area contributed by atoms with Crippen LogP contribution in [0.4, 0.5) is 4.79 Å². The molecule has 1 amide bonds. The number of aliphatic hydroxyl groups is 2. The number of carbonyl (C=O) groups is 1. The molecule has 3 N–H and O–H groups in total. The maximum atomic E-state index is 11.7. The fraction of sp³-hybridized carbons (Fsp3) is 0.235. The summed E-state index contributed by atoms with van der Waals surface area (Å²) < 4.78 is 6.54. The predicted molar refractivity (Wildman–Crippen MR) is 88.6 cm³/mol. The first-order valence-electron chi connectivity index (χ1n) is 7.74. The molecule has 2 heterocycles. The third-order valence-electron chi connectivity index (χ3n) is 3.66. The van der Waals surface area contributed by atoms with Gasteiger partial charge >= 0.3 is 6.09 Å². The van der Waals surface area contributed by atoms with Crippen molar-refractivity contribution >= 4 is 11.7 Å². The van der Waals surface area contributed by atoms with Gasteiger partial charge in [-0.3, -0.25) is 0 Å². The zero-order chi connectivity index (χ0) is 17.6. The Balaban J connectivity index is 1.51. The number of aliphatic hydroxyl groups excluding tert-OH is 2. The van der Waals surface area contributed by atoms with Crippen molar-refractivity contribution in [2.75, 3.05) is 6.54 Å². The Morgan fingerprint density at radius 3 is 2.84 bits per heavy atom. The number of aromatic nitrogens is 3. The van der Waals surface area contributed by atoms with Gasteiger partial charge in [-0.1, -0.05) is 30.3 Å². The van der Waals surface area contributed by atoms with E-state index in [0.717, 1.165) is 5.56 Å². The van der Waals surface area contributed by atoms with Crippen LogP contribution in [0.2, 0.25) is 0 Å². The highest BCUT2D eigenvalue weighted by molar-refractivity contribution is 5.67. The summed E-state index contributed by atoms with van der Waals surface area (Å²) in [5, 5.41) is 26.8. The van der Waals surface area contributed by atoms with Crippen molar-refractivity contribution in [2.45, 2.75) is 18.8 Å². The van der Waals surface area contributed by atoms with Crippen LogP contribution >= 0.6 is 0 Å². The molecule has 2 aromatic heterocycles. The van der Waals surface area contributed by atoms with Crippen LogP contribution in [0.3, 0.4) is 0 Å². The number of benzene rings is 1. The Morgan fingerprint density at radius 2 is 2.04 bits per heavy atom. The van der Waals surface area contributed by atoms with Gasteiger partial charge in [0.15, 0.2) is 5.65 Å². The van der Waals surface area contributed by atoms with Crippen LogP contribution in [0.1, 0.15) is 17.2 Å². The van der Waals surface area contributed by atoms with Gasteiger partial charge in [-0.25, -0.2) is 14.3 Å². The minimum atomic E-state index is -1.23. The van der Waals surface area contributed by atoms with E-state index in [9.17, 15) is 15.0 Å². The average molecular weight is 342 g/mol. The van der Waals surface area contributed by atoms with Gasteiger partial charge in [0.25, 0.3) is 0 Å². The van der Waals surface area contributed by atoms with Gasteiger partial charge in [-0.15, -0.1) is 0 Å². The quantitative estimate of drug-likeness (QED) is 0.618. The van der Waals surface area contributed by atoms with E-state index in [1.165, 1.54) is 10.7 Å². The third-order valence-corrected chi connectivity index (χ3v) is 3.66. The number of hydrogen-bond donors (Lipinski definition) is 3. The molecule has 0 saturated carbocycles. The molecule has 2 unspecified atom stereocenters. The van der Waals surface area contributed by atoms with Crippen LogP contribution in [0.5, 0.6) is 0 Å². The molecule has 0 aliphatic heterocycles. The molecule has 0 fully saturated rings. The highest BCUT2D eigenvalue weighted by Crippen LogP contribution is 2.20. The van der Waals surface area contributed by atoms with Gasteiger partial charge in [0, 0.05) is 24.5 Å². The topological polar surface area (TPSA) is 109 Å². The van der Waals surface area contributed by atoms with Crippen LogP contribution in [0.25, 0.3) is 5.65 Å². The summed E-state index contributed by atoms with van der Waals surface area (Å²) in [5.41, 5.74) is 1.68. The average Bonchev–Trinajstić information content (AvgIpc) is 3.08. The lowest BCUT2D eigenvalue weighted by molar-refractivity contribution is 0.0191. The van der Waals surface area contributed by atoms with Crippen molar-refractivity contribution < 1.29 is 19.7 Å². The number of alkyl carbamates (subject to hydrolysis) is 1. The fourth-order valence-electron chi connectivity index (χ4n) is 2.34. The predicted octanol–water partition coefficient (Wildman–Crippen LogP) is 1.05. The van der Waals surface area contributed by atoms with Crippen molar-refractivity contribution in [3.8, 4) is 0 Å². The van der Waals surface area contributed by atoms with Crippen LogP contribution in [-0.4, -0.2) is 43.6 Å². The summed E-state index contributed by atoms with van der Waals surface area (Å²) >= 11 is 0. The Hall–Kier alpha value is -2.97. The number of hydrogen-bond acceptors (Lipinski definition) is 6. The van der Waals surface area contributed by atoms with E-state index in [0.29, 0.717) is 11.2 Å². The van der Waals surface area contributed by atoms with Crippen molar-refractivity contribution in [3.63, 3.8) is 0 Å². The first-order chi connectivity index (χ1) is 12.1. The van der Waals surface area contributed by atoms with Crippen LogP contribution < -0.4 is 5.32 Å².